The third kappa shape index (κ3) is 6.06. The summed E-state index contributed by atoms with van der Waals surface area (Å²) in [5, 5.41) is 3.99. The first-order valence-electron chi connectivity index (χ1n) is 12.2. The summed E-state index contributed by atoms with van der Waals surface area (Å²) in [5.74, 6) is -1.77. The molecule has 0 aliphatic carbocycles. The summed E-state index contributed by atoms with van der Waals surface area (Å²) in [6.45, 7) is 9.39. The maximum atomic E-state index is 14.8. The highest BCUT2D eigenvalue weighted by Crippen LogP contribution is 2.32. The molecule has 0 atom stereocenters. The van der Waals surface area contributed by atoms with Crippen LogP contribution in [-0.4, -0.2) is 42.1 Å². The first-order valence-corrected chi connectivity index (χ1v) is 12.2. The van der Waals surface area contributed by atoms with E-state index in [0.29, 0.717) is 30.5 Å². The fourth-order valence-electron chi connectivity index (χ4n) is 4.02. The Morgan fingerprint density at radius 3 is 2.33 bits per heavy atom. The summed E-state index contributed by atoms with van der Waals surface area (Å²) < 4.78 is 55.1. The Bertz CT molecular complexity index is 1190. The van der Waals surface area contributed by atoms with Gasteiger partial charge in [-0.05, 0) is 61.9 Å². The summed E-state index contributed by atoms with van der Waals surface area (Å²) in [5.41, 5.74) is 0.794. The maximum Gasteiger partial charge on any atom is 0.324 e. The first-order chi connectivity index (χ1) is 17.2. The van der Waals surface area contributed by atoms with Gasteiger partial charge in [0.25, 0.3) is 0 Å². The molecule has 0 unspecified atom stereocenters. The van der Waals surface area contributed by atoms with Gasteiger partial charge in [0.15, 0.2) is 23.2 Å². The number of anilines is 1. The molecule has 1 saturated heterocycles. The van der Waals surface area contributed by atoms with E-state index in [4.69, 9.17) is 9.26 Å². The van der Waals surface area contributed by atoms with Gasteiger partial charge in [-0.1, -0.05) is 31.1 Å². The van der Waals surface area contributed by atoms with Gasteiger partial charge in [0, 0.05) is 36.8 Å². The second-order valence-corrected chi connectivity index (χ2v) is 9.71. The van der Waals surface area contributed by atoms with E-state index in [-0.39, 0.29) is 35.6 Å². The number of rotatable bonds is 8. The normalized spacial score (nSPS) is 15.0. The largest absolute Gasteiger partial charge is 0.487 e. The lowest BCUT2D eigenvalue weighted by atomic mass is 9.98. The van der Waals surface area contributed by atoms with Gasteiger partial charge in [0.1, 0.15) is 5.82 Å². The fraction of sp³-hybridized carbons (Fsp3) is 0.444. The molecular formula is C27H31F3N4O2. The molecule has 6 nitrogen and oxygen atoms in total. The summed E-state index contributed by atoms with van der Waals surface area (Å²) in [6.07, 6.45) is 3.10. The van der Waals surface area contributed by atoms with Gasteiger partial charge in [-0.15, -0.1) is 0 Å². The molecule has 4 rings (SSSR count). The molecule has 1 aromatic heterocycles. The third-order valence-corrected chi connectivity index (χ3v) is 6.12. The third-order valence-electron chi connectivity index (χ3n) is 6.12. The molecule has 2 aromatic carbocycles. The molecule has 0 spiro atoms. The van der Waals surface area contributed by atoms with Crippen molar-refractivity contribution in [1.82, 2.24) is 10.1 Å². The number of nitrogens with zero attached hydrogens (tertiary/aromatic N) is 4. The highest BCUT2D eigenvalue weighted by Gasteiger charge is 2.25. The van der Waals surface area contributed by atoms with Crippen LogP contribution in [0.4, 0.5) is 19.2 Å². The van der Waals surface area contributed by atoms with Gasteiger partial charge >= 0.3 is 6.01 Å². The lowest BCUT2D eigenvalue weighted by molar-refractivity contribution is 0.205. The molecule has 1 aliphatic rings. The van der Waals surface area contributed by atoms with E-state index in [0.717, 1.165) is 25.0 Å². The smallest absolute Gasteiger partial charge is 0.324 e. The van der Waals surface area contributed by atoms with Crippen LogP contribution >= 0.6 is 0 Å². The quantitative estimate of drug-likeness (QED) is 0.335. The van der Waals surface area contributed by atoms with Gasteiger partial charge in [-0.3, -0.25) is 4.99 Å². The van der Waals surface area contributed by atoms with E-state index < -0.39 is 23.2 Å². The monoisotopic (exact) mass is 500 g/mol. The second-order valence-electron chi connectivity index (χ2n) is 9.71. The number of ether oxygens (including phenoxy) is 1. The van der Waals surface area contributed by atoms with Crippen LogP contribution in [0.1, 0.15) is 57.8 Å². The lowest BCUT2D eigenvalue weighted by Gasteiger charge is -2.30. The predicted molar refractivity (Wildman–Crippen MR) is 133 cm³/mol. The minimum atomic E-state index is -0.862. The first kappa shape index (κ1) is 25.7. The van der Waals surface area contributed by atoms with Crippen LogP contribution in [0.15, 0.2) is 39.8 Å². The Morgan fingerprint density at radius 1 is 1.06 bits per heavy atom. The van der Waals surface area contributed by atoms with Crippen molar-refractivity contribution >= 4 is 12.2 Å². The van der Waals surface area contributed by atoms with Gasteiger partial charge in [-0.25, -0.2) is 13.2 Å². The fourth-order valence-corrected chi connectivity index (χ4v) is 4.02. The molecule has 0 radical (unpaired) electrons. The average Bonchev–Trinajstić information content (AvgIpc) is 3.33. The van der Waals surface area contributed by atoms with E-state index in [9.17, 15) is 13.2 Å². The zero-order valence-corrected chi connectivity index (χ0v) is 21.0. The molecule has 1 aliphatic heterocycles. The maximum absolute atomic E-state index is 14.8. The van der Waals surface area contributed by atoms with Crippen molar-refractivity contribution in [3.05, 3.63) is 59.2 Å². The highest BCUT2D eigenvalue weighted by atomic mass is 19.1. The van der Waals surface area contributed by atoms with Crippen molar-refractivity contribution in [3.63, 3.8) is 0 Å². The predicted octanol–water partition coefficient (Wildman–Crippen LogP) is 6.40. The van der Waals surface area contributed by atoms with E-state index in [2.05, 4.69) is 15.1 Å². The van der Waals surface area contributed by atoms with Crippen molar-refractivity contribution in [3.8, 4) is 16.9 Å². The van der Waals surface area contributed by atoms with Gasteiger partial charge < -0.3 is 14.2 Å². The molecule has 192 valence electrons. The number of hydrogen-bond donors (Lipinski definition) is 0. The summed E-state index contributed by atoms with van der Waals surface area (Å²) in [4.78, 5) is 10.7. The van der Waals surface area contributed by atoms with Crippen LogP contribution in [0.2, 0.25) is 0 Å². The van der Waals surface area contributed by atoms with Crippen molar-refractivity contribution < 1.29 is 22.4 Å². The Labute approximate surface area is 209 Å². The molecule has 36 heavy (non-hydrogen) atoms. The van der Waals surface area contributed by atoms with Crippen LogP contribution in [0.5, 0.6) is 5.75 Å². The lowest BCUT2D eigenvalue weighted by Crippen LogP contribution is -2.35. The Morgan fingerprint density at radius 2 is 1.75 bits per heavy atom. The van der Waals surface area contributed by atoms with Crippen LogP contribution in [0.3, 0.4) is 0 Å². The molecule has 0 saturated carbocycles. The molecule has 0 bridgehead atoms. The van der Waals surface area contributed by atoms with E-state index in [1.165, 1.54) is 12.1 Å². The van der Waals surface area contributed by atoms with Crippen LogP contribution in [-0.2, 0) is 0 Å². The van der Waals surface area contributed by atoms with Crippen molar-refractivity contribution in [2.75, 3.05) is 24.6 Å². The number of aromatic nitrogens is 2. The topological polar surface area (TPSA) is 63.8 Å². The van der Waals surface area contributed by atoms with Crippen molar-refractivity contribution in [1.29, 1.82) is 0 Å². The molecule has 9 heteroatoms. The van der Waals surface area contributed by atoms with Crippen LogP contribution in [0.25, 0.3) is 11.1 Å². The molecular weight excluding hydrogens is 469 g/mol. The molecule has 1 fully saturated rings. The molecule has 2 heterocycles. The summed E-state index contributed by atoms with van der Waals surface area (Å²) in [7, 11) is 0. The van der Waals surface area contributed by atoms with Gasteiger partial charge in [0.05, 0.1) is 6.61 Å². The SMILES string of the molecule is CC(C)N=Cc1ccc(-c2cc(F)c(OCC3CCN(c4nc(C(C)C)no4)CC3)c(F)c2)c(F)c1. The molecule has 0 N–H and O–H groups in total. The number of hydrogen-bond acceptors (Lipinski definition) is 6. The summed E-state index contributed by atoms with van der Waals surface area (Å²) >= 11 is 0. The van der Waals surface area contributed by atoms with Gasteiger partial charge in [0.2, 0.25) is 0 Å². The van der Waals surface area contributed by atoms with E-state index >= 15 is 0 Å². The Kier molecular flexibility index (Phi) is 7.96. The number of aliphatic imine (C=N–C) groups is 1. The standard InChI is InChI=1S/C27H31F3N4O2/c1-16(2)26-32-27(36-33-26)34-9-7-18(8-10-34)15-35-25-23(29)12-20(13-24(25)30)21-6-5-19(11-22(21)28)14-31-17(3)4/h5-6,11-14,16-18H,7-10,15H2,1-4H3. The number of piperidine rings is 1. The van der Waals surface area contributed by atoms with Crippen molar-refractivity contribution in [2.24, 2.45) is 10.9 Å². The van der Waals surface area contributed by atoms with E-state index in [1.54, 1.807) is 12.3 Å². The Hall–Kier alpha value is -3.36. The van der Waals surface area contributed by atoms with E-state index in [1.807, 2.05) is 32.6 Å². The zero-order valence-electron chi connectivity index (χ0n) is 21.0. The van der Waals surface area contributed by atoms with Crippen LogP contribution < -0.4 is 9.64 Å². The van der Waals surface area contributed by atoms with Gasteiger partial charge in [-0.2, -0.15) is 4.98 Å². The Balaban J connectivity index is 1.37. The average molecular weight is 501 g/mol. The minimum Gasteiger partial charge on any atom is -0.487 e. The zero-order chi connectivity index (χ0) is 25.8. The number of halogens is 3. The molecule has 3 aromatic rings. The minimum absolute atomic E-state index is 0.0826. The molecule has 0 amide bonds. The second kappa shape index (κ2) is 11.1. The van der Waals surface area contributed by atoms with Crippen molar-refractivity contribution in [2.45, 2.75) is 52.5 Å². The highest BCUT2D eigenvalue weighted by molar-refractivity contribution is 5.81. The van der Waals surface area contributed by atoms with Crippen LogP contribution in [0, 0.1) is 23.4 Å². The summed E-state index contributed by atoms with van der Waals surface area (Å²) in [6, 6.07) is 7.23. The number of benzene rings is 2.